The molecule has 0 atom stereocenters. The highest BCUT2D eigenvalue weighted by Gasteiger charge is 2.08. The van der Waals surface area contributed by atoms with Crippen LogP contribution in [0, 0.1) is 0 Å². The van der Waals surface area contributed by atoms with Crippen LogP contribution in [0.5, 0.6) is 5.75 Å². The predicted molar refractivity (Wildman–Crippen MR) is 62.2 cm³/mol. The Kier molecular flexibility index (Phi) is 3.57. The highest BCUT2D eigenvalue weighted by Crippen LogP contribution is 2.22. The molecule has 0 bridgehead atoms. The molecule has 0 aliphatic carbocycles. The highest BCUT2D eigenvalue weighted by molar-refractivity contribution is 5.68. The van der Waals surface area contributed by atoms with Gasteiger partial charge in [0.25, 0.3) is 5.89 Å². The minimum absolute atomic E-state index is 0.381. The maximum absolute atomic E-state index is 10.4. The zero-order valence-corrected chi connectivity index (χ0v) is 9.79. The lowest BCUT2D eigenvalue weighted by molar-refractivity contribution is -0.139. The van der Waals surface area contributed by atoms with E-state index in [9.17, 15) is 4.79 Å². The first-order chi connectivity index (χ1) is 8.69. The van der Waals surface area contributed by atoms with Gasteiger partial charge < -0.3 is 14.4 Å². The molecule has 6 nitrogen and oxygen atoms in total. The van der Waals surface area contributed by atoms with Crippen molar-refractivity contribution in [3.8, 4) is 17.2 Å². The van der Waals surface area contributed by atoms with Crippen molar-refractivity contribution in [1.82, 2.24) is 10.1 Å². The molecule has 1 N–H and O–H groups in total. The smallest absolute Gasteiger partial charge is 0.341 e. The Morgan fingerprint density at radius 3 is 3.00 bits per heavy atom. The Morgan fingerprint density at radius 2 is 2.33 bits per heavy atom. The molecule has 0 radical (unpaired) electrons. The van der Waals surface area contributed by atoms with Crippen molar-refractivity contribution in [2.75, 3.05) is 6.61 Å². The molecule has 0 fully saturated rings. The number of nitrogens with zero attached hydrogens (tertiary/aromatic N) is 2. The molecule has 0 spiro atoms. The summed E-state index contributed by atoms with van der Waals surface area (Å²) < 4.78 is 10.2. The molecule has 0 aliphatic heterocycles. The number of aromatic nitrogens is 2. The van der Waals surface area contributed by atoms with Crippen LogP contribution in [0.1, 0.15) is 12.7 Å². The van der Waals surface area contributed by atoms with E-state index in [0.29, 0.717) is 29.4 Å². The van der Waals surface area contributed by atoms with Crippen LogP contribution in [-0.2, 0) is 11.2 Å². The van der Waals surface area contributed by atoms with Crippen molar-refractivity contribution in [3.05, 3.63) is 30.1 Å². The van der Waals surface area contributed by atoms with Gasteiger partial charge in [-0.3, -0.25) is 0 Å². The Hall–Kier alpha value is -2.37. The Labute approximate surface area is 103 Å². The second kappa shape index (κ2) is 5.31. The maximum atomic E-state index is 10.4. The lowest BCUT2D eigenvalue weighted by atomic mass is 10.2. The molecule has 2 rings (SSSR count). The van der Waals surface area contributed by atoms with Crippen molar-refractivity contribution in [1.29, 1.82) is 0 Å². The van der Waals surface area contributed by atoms with Gasteiger partial charge in [-0.1, -0.05) is 18.1 Å². The van der Waals surface area contributed by atoms with Crippen molar-refractivity contribution in [2.24, 2.45) is 0 Å². The van der Waals surface area contributed by atoms with E-state index in [1.807, 2.05) is 6.92 Å². The molecule has 1 heterocycles. The zero-order chi connectivity index (χ0) is 13.0. The van der Waals surface area contributed by atoms with Crippen LogP contribution in [0.4, 0.5) is 0 Å². The fraction of sp³-hybridized carbons (Fsp3) is 0.250. The molecule has 0 saturated heterocycles. The van der Waals surface area contributed by atoms with E-state index < -0.39 is 5.97 Å². The summed E-state index contributed by atoms with van der Waals surface area (Å²) in [4.78, 5) is 14.6. The molecule has 94 valence electrons. The van der Waals surface area contributed by atoms with Crippen LogP contribution in [0.15, 0.2) is 28.8 Å². The van der Waals surface area contributed by atoms with E-state index in [1.165, 1.54) is 0 Å². The van der Waals surface area contributed by atoms with Crippen molar-refractivity contribution >= 4 is 5.97 Å². The molecule has 18 heavy (non-hydrogen) atoms. The summed E-state index contributed by atoms with van der Waals surface area (Å²) in [6.45, 7) is 1.55. The summed E-state index contributed by atoms with van der Waals surface area (Å²) in [6.07, 6.45) is 0.693. The zero-order valence-electron chi connectivity index (χ0n) is 9.79. The van der Waals surface area contributed by atoms with Crippen LogP contribution in [0.25, 0.3) is 11.5 Å². The minimum atomic E-state index is -1.02. The molecule has 1 aromatic heterocycles. The number of benzene rings is 1. The van der Waals surface area contributed by atoms with Crippen LogP contribution in [0.3, 0.4) is 0 Å². The van der Waals surface area contributed by atoms with Gasteiger partial charge in [-0.15, -0.1) is 0 Å². The third kappa shape index (κ3) is 2.85. The Balaban J connectivity index is 2.18. The summed E-state index contributed by atoms with van der Waals surface area (Å²) in [5, 5.41) is 12.3. The summed E-state index contributed by atoms with van der Waals surface area (Å²) in [6, 6.07) is 6.86. The molecule has 0 saturated carbocycles. The monoisotopic (exact) mass is 248 g/mol. The van der Waals surface area contributed by atoms with E-state index in [-0.39, 0.29) is 6.61 Å². The first-order valence-corrected chi connectivity index (χ1v) is 5.46. The lowest BCUT2D eigenvalue weighted by Gasteiger charge is -2.03. The summed E-state index contributed by atoms with van der Waals surface area (Å²) in [7, 11) is 0. The first kappa shape index (κ1) is 12.1. The van der Waals surface area contributed by atoms with Crippen molar-refractivity contribution in [3.63, 3.8) is 0 Å². The number of aryl methyl sites for hydroxylation is 1. The van der Waals surface area contributed by atoms with Gasteiger partial charge in [-0.25, -0.2) is 4.79 Å². The van der Waals surface area contributed by atoms with E-state index in [2.05, 4.69) is 10.1 Å². The van der Waals surface area contributed by atoms with E-state index >= 15 is 0 Å². The number of carbonyl (C=O) groups is 1. The van der Waals surface area contributed by atoms with Gasteiger partial charge in [0.1, 0.15) is 5.75 Å². The number of carboxylic acids is 1. The lowest BCUT2D eigenvalue weighted by Crippen LogP contribution is -2.09. The second-order valence-electron chi connectivity index (χ2n) is 3.58. The fourth-order valence-electron chi connectivity index (χ4n) is 1.38. The third-order valence-corrected chi connectivity index (χ3v) is 2.23. The van der Waals surface area contributed by atoms with Gasteiger partial charge in [0, 0.05) is 12.0 Å². The largest absolute Gasteiger partial charge is 0.482 e. The molecule has 0 aliphatic rings. The van der Waals surface area contributed by atoms with E-state index in [1.54, 1.807) is 24.3 Å². The molecule has 2 aromatic rings. The van der Waals surface area contributed by atoms with Crippen molar-refractivity contribution < 1.29 is 19.2 Å². The Bertz CT molecular complexity index is 551. The second-order valence-corrected chi connectivity index (χ2v) is 3.58. The summed E-state index contributed by atoms with van der Waals surface area (Å²) >= 11 is 0. The quantitative estimate of drug-likeness (QED) is 0.867. The van der Waals surface area contributed by atoms with Gasteiger partial charge in [-0.05, 0) is 18.2 Å². The minimum Gasteiger partial charge on any atom is -0.482 e. The average Bonchev–Trinajstić information content (AvgIpc) is 2.85. The predicted octanol–water partition coefficient (Wildman–Crippen LogP) is 1.76. The standard InChI is InChI=1S/C12H12N2O4/c1-2-10-13-12(18-14-10)8-4-3-5-9(6-8)17-7-11(15)16/h3-6H,2,7H2,1H3,(H,15,16). The van der Waals surface area contributed by atoms with Gasteiger partial charge in [-0.2, -0.15) is 4.98 Å². The van der Waals surface area contributed by atoms with Crippen LogP contribution < -0.4 is 4.74 Å². The molecule has 6 heteroatoms. The number of rotatable bonds is 5. The van der Waals surface area contributed by atoms with Gasteiger partial charge in [0.05, 0.1) is 0 Å². The van der Waals surface area contributed by atoms with Gasteiger partial charge >= 0.3 is 5.97 Å². The number of ether oxygens (including phenoxy) is 1. The third-order valence-electron chi connectivity index (χ3n) is 2.23. The highest BCUT2D eigenvalue weighted by atomic mass is 16.5. The normalized spacial score (nSPS) is 10.3. The molecule has 0 unspecified atom stereocenters. The van der Waals surface area contributed by atoms with Gasteiger partial charge in [0.2, 0.25) is 0 Å². The number of hydrogen-bond acceptors (Lipinski definition) is 5. The summed E-state index contributed by atoms with van der Waals surface area (Å²) in [5.41, 5.74) is 0.699. The number of hydrogen-bond donors (Lipinski definition) is 1. The van der Waals surface area contributed by atoms with Crippen LogP contribution in [-0.4, -0.2) is 27.8 Å². The number of aliphatic carboxylic acids is 1. The van der Waals surface area contributed by atoms with Gasteiger partial charge in [0.15, 0.2) is 12.4 Å². The number of carboxylic acid groups (broad SMARTS) is 1. The average molecular weight is 248 g/mol. The maximum Gasteiger partial charge on any atom is 0.341 e. The SMILES string of the molecule is CCc1noc(-c2cccc(OCC(=O)O)c2)n1. The van der Waals surface area contributed by atoms with E-state index in [0.717, 1.165) is 0 Å². The van der Waals surface area contributed by atoms with Crippen LogP contribution in [0.2, 0.25) is 0 Å². The van der Waals surface area contributed by atoms with Crippen molar-refractivity contribution in [2.45, 2.75) is 13.3 Å². The molecule has 1 aromatic carbocycles. The fourth-order valence-corrected chi connectivity index (χ4v) is 1.38. The molecule has 0 amide bonds. The first-order valence-electron chi connectivity index (χ1n) is 5.46. The molecular formula is C12H12N2O4. The Morgan fingerprint density at radius 1 is 1.50 bits per heavy atom. The molecular weight excluding hydrogens is 236 g/mol. The topological polar surface area (TPSA) is 85.5 Å². The van der Waals surface area contributed by atoms with E-state index in [4.69, 9.17) is 14.4 Å². The van der Waals surface area contributed by atoms with Crippen LogP contribution >= 0.6 is 0 Å². The summed E-state index contributed by atoms with van der Waals surface area (Å²) in [5.74, 6) is 0.451.